The molecular weight excluding hydrogens is 354 g/mol. The molecule has 3 saturated carbocycles. The number of oxime groups is 1. The lowest BCUT2D eigenvalue weighted by molar-refractivity contribution is -0.142. The maximum atomic E-state index is 11.1. The van der Waals surface area contributed by atoms with Gasteiger partial charge in [0.25, 0.3) is 0 Å². The van der Waals surface area contributed by atoms with Gasteiger partial charge >= 0.3 is 5.97 Å². The molecule has 2 N–H and O–H groups in total. The Hall–Kier alpha value is -1.80. The van der Waals surface area contributed by atoms with E-state index in [4.69, 9.17) is 16.4 Å². The molecule has 0 unspecified atom stereocenters. The van der Waals surface area contributed by atoms with Crippen molar-refractivity contribution in [3.63, 3.8) is 0 Å². The Morgan fingerprint density at radius 3 is 2.71 bits per heavy atom. The van der Waals surface area contributed by atoms with Gasteiger partial charge in [-0.3, -0.25) is 0 Å². The van der Waals surface area contributed by atoms with E-state index in [2.05, 4.69) is 31.0 Å². The minimum atomic E-state index is -1.01. The minimum Gasteiger partial charge on any atom is -0.479 e. The summed E-state index contributed by atoms with van der Waals surface area (Å²) in [5, 5.41) is 23.8. The van der Waals surface area contributed by atoms with E-state index >= 15 is 0 Å². The molecule has 0 radical (unpaired) electrons. The van der Waals surface area contributed by atoms with Crippen molar-refractivity contribution in [1.29, 1.82) is 0 Å². The van der Waals surface area contributed by atoms with Gasteiger partial charge in [0.2, 0.25) is 6.61 Å². The number of terminal acetylenes is 1. The number of rotatable bonds is 3. The average molecular weight is 386 g/mol. The van der Waals surface area contributed by atoms with Gasteiger partial charge < -0.3 is 15.1 Å². The number of aliphatic carboxylic acids is 1. The Morgan fingerprint density at radius 1 is 1.25 bits per heavy atom. The molecule has 152 valence electrons. The first-order chi connectivity index (χ1) is 13.2. The predicted molar refractivity (Wildman–Crippen MR) is 107 cm³/mol. The van der Waals surface area contributed by atoms with Crippen molar-refractivity contribution in [2.75, 3.05) is 6.61 Å². The topological polar surface area (TPSA) is 79.1 Å². The van der Waals surface area contributed by atoms with E-state index in [1.807, 2.05) is 0 Å². The van der Waals surface area contributed by atoms with Gasteiger partial charge in [-0.15, -0.1) is 6.42 Å². The number of carboxylic acids is 1. The van der Waals surface area contributed by atoms with Crippen molar-refractivity contribution in [2.24, 2.45) is 33.7 Å². The molecule has 4 aliphatic rings. The molecule has 3 fully saturated rings. The number of allylic oxidation sites excluding steroid dienone is 2. The normalized spacial score (nSPS) is 46.0. The largest absolute Gasteiger partial charge is 0.479 e. The van der Waals surface area contributed by atoms with Crippen LogP contribution >= 0.6 is 0 Å². The summed E-state index contributed by atoms with van der Waals surface area (Å²) in [6.45, 7) is 4.22. The second-order valence-electron chi connectivity index (χ2n) is 9.75. The van der Waals surface area contributed by atoms with Crippen LogP contribution in [0.4, 0.5) is 0 Å². The van der Waals surface area contributed by atoms with Crippen molar-refractivity contribution >= 4 is 11.7 Å². The molecule has 0 aromatic rings. The van der Waals surface area contributed by atoms with E-state index in [0.717, 1.165) is 57.1 Å². The van der Waals surface area contributed by atoms with Crippen LogP contribution in [0.15, 0.2) is 16.8 Å². The van der Waals surface area contributed by atoms with Crippen LogP contribution in [0.5, 0.6) is 0 Å². The Morgan fingerprint density at radius 2 is 2.00 bits per heavy atom. The fraction of sp³-hybridized carbons (Fsp3) is 0.739. The first kappa shape index (κ1) is 19.5. The molecule has 4 rings (SSSR count). The highest BCUT2D eigenvalue weighted by molar-refractivity contribution is 5.96. The SMILES string of the molecule is C#C[C@@]1(O)CC[C@@H]2[C@@H]3CCC4=C/C(=N/OCC(=O)O)CC[C@]4(C)[C@@H]3CC[C@@]21C. The Balaban J connectivity index is 1.57. The fourth-order valence-corrected chi connectivity index (χ4v) is 7.07. The summed E-state index contributed by atoms with van der Waals surface area (Å²) >= 11 is 0. The monoisotopic (exact) mass is 385 g/mol. The van der Waals surface area contributed by atoms with Crippen LogP contribution in [0.1, 0.15) is 65.2 Å². The van der Waals surface area contributed by atoms with E-state index in [1.165, 1.54) is 5.57 Å². The molecule has 28 heavy (non-hydrogen) atoms. The highest BCUT2D eigenvalue weighted by Gasteiger charge is 2.63. The van der Waals surface area contributed by atoms with E-state index in [1.54, 1.807) is 0 Å². The fourth-order valence-electron chi connectivity index (χ4n) is 7.07. The first-order valence-electron chi connectivity index (χ1n) is 10.6. The summed E-state index contributed by atoms with van der Waals surface area (Å²) in [6, 6.07) is 0. The number of carboxylic acid groups (broad SMARTS) is 1. The van der Waals surface area contributed by atoms with Gasteiger partial charge in [0, 0.05) is 5.41 Å². The molecule has 0 aliphatic heterocycles. The number of fused-ring (bicyclic) bond motifs is 5. The van der Waals surface area contributed by atoms with E-state index in [0.29, 0.717) is 17.8 Å². The van der Waals surface area contributed by atoms with Crippen molar-refractivity contribution in [2.45, 2.75) is 70.8 Å². The molecule has 0 heterocycles. The zero-order valence-electron chi connectivity index (χ0n) is 16.9. The summed E-state index contributed by atoms with van der Waals surface area (Å²) in [5.41, 5.74) is 1.34. The Bertz CT molecular complexity index is 780. The lowest BCUT2D eigenvalue weighted by atomic mass is 9.46. The third kappa shape index (κ3) is 2.72. The molecule has 0 aromatic carbocycles. The number of hydrogen-bond acceptors (Lipinski definition) is 4. The van der Waals surface area contributed by atoms with Crippen molar-refractivity contribution < 1.29 is 19.8 Å². The summed E-state index contributed by atoms with van der Waals surface area (Å²) < 4.78 is 0. The summed E-state index contributed by atoms with van der Waals surface area (Å²) in [6.07, 6.45) is 15.8. The molecule has 6 atom stereocenters. The molecule has 0 saturated heterocycles. The highest BCUT2D eigenvalue weighted by atomic mass is 16.6. The lowest BCUT2D eigenvalue weighted by Crippen LogP contribution is -2.54. The van der Waals surface area contributed by atoms with Gasteiger partial charge in [0.15, 0.2) is 0 Å². The third-order valence-electron chi connectivity index (χ3n) is 8.74. The second kappa shape index (κ2) is 6.62. The Labute approximate surface area is 167 Å². The lowest BCUT2D eigenvalue weighted by Gasteiger charge is -2.58. The van der Waals surface area contributed by atoms with E-state index in [-0.39, 0.29) is 10.8 Å². The van der Waals surface area contributed by atoms with Gasteiger partial charge in [-0.05, 0) is 80.6 Å². The van der Waals surface area contributed by atoms with Crippen LogP contribution in [0.2, 0.25) is 0 Å². The molecule has 0 spiro atoms. The average Bonchev–Trinajstić information content (AvgIpc) is 2.93. The molecular formula is C23H31NO4. The van der Waals surface area contributed by atoms with Gasteiger partial charge in [-0.2, -0.15) is 0 Å². The standard InChI is InChI=1S/C23H31NO4/c1-4-23(27)12-9-19-17-6-5-15-13-16(24-28-14-20(25)26)7-10-21(15,2)18(17)8-11-22(19,23)3/h1,13,17-19,27H,5-12,14H2,2-3H3,(H,25,26)/b24-16+/t17-,18-,19-,21+,22+,23-/m1/s1. The summed E-state index contributed by atoms with van der Waals surface area (Å²) in [5.74, 6) is 3.47. The van der Waals surface area contributed by atoms with Crippen LogP contribution in [-0.4, -0.2) is 34.1 Å². The van der Waals surface area contributed by atoms with Gasteiger partial charge in [-0.25, -0.2) is 4.79 Å². The van der Waals surface area contributed by atoms with Crippen LogP contribution in [0.25, 0.3) is 0 Å². The van der Waals surface area contributed by atoms with E-state index < -0.39 is 18.2 Å². The van der Waals surface area contributed by atoms with Gasteiger partial charge in [-0.1, -0.05) is 30.5 Å². The Kier molecular flexibility index (Phi) is 4.62. The summed E-state index contributed by atoms with van der Waals surface area (Å²) in [7, 11) is 0. The number of nitrogens with zero attached hydrogens (tertiary/aromatic N) is 1. The molecule has 5 nitrogen and oxygen atoms in total. The maximum Gasteiger partial charge on any atom is 0.344 e. The second-order valence-corrected chi connectivity index (χ2v) is 9.75. The van der Waals surface area contributed by atoms with Gasteiger partial charge in [0.05, 0.1) is 5.71 Å². The first-order valence-corrected chi connectivity index (χ1v) is 10.6. The molecule has 5 heteroatoms. The molecule has 0 amide bonds. The van der Waals surface area contributed by atoms with E-state index in [9.17, 15) is 9.90 Å². The van der Waals surface area contributed by atoms with Crippen LogP contribution in [0, 0.1) is 40.9 Å². The molecule has 4 aliphatic carbocycles. The minimum absolute atomic E-state index is 0.160. The van der Waals surface area contributed by atoms with Crippen molar-refractivity contribution in [1.82, 2.24) is 0 Å². The van der Waals surface area contributed by atoms with Crippen molar-refractivity contribution in [3.8, 4) is 12.3 Å². The smallest absolute Gasteiger partial charge is 0.344 e. The molecule has 0 aromatic heterocycles. The zero-order valence-corrected chi connectivity index (χ0v) is 16.9. The van der Waals surface area contributed by atoms with Crippen LogP contribution in [-0.2, 0) is 9.63 Å². The quantitative estimate of drug-likeness (QED) is 0.572. The number of hydrogen-bond donors (Lipinski definition) is 2. The number of carbonyl (C=O) groups is 1. The van der Waals surface area contributed by atoms with Crippen LogP contribution in [0.3, 0.4) is 0 Å². The zero-order chi connectivity index (χ0) is 20.2. The van der Waals surface area contributed by atoms with Crippen molar-refractivity contribution in [3.05, 3.63) is 11.6 Å². The third-order valence-corrected chi connectivity index (χ3v) is 8.74. The number of aliphatic hydroxyl groups is 1. The molecule has 0 bridgehead atoms. The van der Waals surface area contributed by atoms with Crippen LogP contribution < -0.4 is 0 Å². The summed E-state index contributed by atoms with van der Waals surface area (Å²) in [4.78, 5) is 15.6. The predicted octanol–water partition coefficient (Wildman–Crippen LogP) is 3.77. The van der Waals surface area contributed by atoms with Gasteiger partial charge in [0.1, 0.15) is 5.60 Å². The maximum absolute atomic E-state index is 11.1. The highest BCUT2D eigenvalue weighted by Crippen LogP contribution is 2.67.